The van der Waals surface area contributed by atoms with E-state index in [0.29, 0.717) is 0 Å². The largest absolute Gasteiger partial charge is 0.463 e. The van der Waals surface area contributed by atoms with E-state index in [1.54, 1.807) is 0 Å². The van der Waals surface area contributed by atoms with E-state index < -0.39 is 135 Å². The first-order chi connectivity index (χ1) is 23.0. The Balaban J connectivity index is 2.02. The molecule has 20 nitrogen and oxygen atoms in total. The monoisotopic (exact) mass is 708 g/mol. The first-order valence-corrected chi connectivity index (χ1v) is 15.0. The van der Waals surface area contributed by atoms with Gasteiger partial charge in [0.05, 0.1) is 0 Å². The third kappa shape index (κ3) is 11.3. The number of rotatable bonds is 14. The Hall–Kier alpha value is -3.95. The molecule has 3 aliphatic heterocycles. The second-order valence-electron chi connectivity index (χ2n) is 11.1. The number of aliphatic hydroxyl groups excluding tert-OH is 1. The van der Waals surface area contributed by atoms with Gasteiger partial charge in [-0.1, -0.05) is 0 Å². The van der Waals surface area contributed by atoms with Crippen molar-refractivity contribution in [1.82, 2.24) is 0 Å². The van der Waals surface area contributed by atoms with Gasteiger partial charge in [-0.15, -0.1) is 0 Å². The summed E-state index contributed by atoms with van der Waals surface area (Å²) in [4.78, 5) is 82.8. The van der Waals surface area contributed by atoms with Crippen LogP contribution in [0.15, 0.2) is 0 Å². The zero-order chi connectivity index (χ0) is 36.6. The molecule has 0 bridgehead atoms. The van der Waals surface area contributed by atoms with Gasteiger partial charge in [-0.3, -0.25) is 33.6 Å². The summed E-state index contributed by atoms with van der Waals surface area (Å²) in [5.74, 6) is -5.43. The molecular formula is C29H40O20. The summed E-state index contributed by atoms with van der Waals surface area (Å²) in [6.45, 7) is 6.22. The molecule has 20 heteroatoms. The molecule has 0 aromatic heterocycles. The third-order valence-electron chi connectivity index (χ3n) is 6.95. The number of esters is 7. The van der Waals surface area contributed by atoms with Crippen LogP contribution in [0.3, 0.4) is 0 Å². The van der Waals surface area contributed by atoms with Gasteiger partial charge in [-0.05, 0) is 0 Å². The molecule has 0 aliphatic carbocycles. The lowest BCUT2D eigenvalue weighted by molar-refractivity contribution is -0.266. The zero-order valence-electron chi connectivity index (χ0n) is 27.8. The van der Waals surface area contributed by atoms with Crippen molar-refractivity contribution in [2.24, 2.45) is 0 Å². The molecule has 49 heavy (non-hydrogen) atoms. The Kier molecular flexibility index (Phi) is 14.2. The molecule has 0 radical (unpaired) electrons. The molecular weight excluding hydrogens is 668 g/mol. The quantitative estimate of drug-likeness (QED) is 0.157. The van der Waals surface area contributed by atoms with Gasteiger partial charge in [0, 0.05) is 48.5 Å². The van der Waals surface area contributed by atoms with Crippen LogP contribution in [-0.2, 0) is 90.4 Å². The van der Waals surface area contributed by atoms with Crippen LogP contribution in [-0.4, -0.2) is 141 Å². The Morgan fingerprint density at radius 1 is 0.429 bits per heavy atom. The van der Waals surface area contributed by atoms with Crippen molar-refractivity contribution in [2.45, 2.75) is 122 Å². The molecule has 0 aromatic carbocycles. The van der Waals surface area contributed by atoms with Crippen LogP contribution < -0.4 is 0 Å². The van der Waals surface area contributed by atoms with Crippen LogP contribution in [0.25, 0.3) is 0 Å². The molecule has 276 valence electrons. The maximum atomic E-state index is 12.3. The van der Waals surface area contributed by atoms with Crippen LogP contribution in [0.2, 0.25) is 0 Å². The van der Waals surface area contributed by atoms with E-state index in [-0.39, 0.29) is 0 Å². The van der Waals surface area contributed by atoms with E-state index in [1.807, 2.05) is 0 Å². The van der Waals surface area contributed by atoms with Crippen molar-refractivity contribution in [3.63, 3.8) is 0 Å². The van der Waals surface area contributed by atoms with Crippen molar-refractivity contribution in [1.29, 1.82) is 0 Å². The second-order valence-corrected chi connectivity index (χ2v) is 11.1. The summed E-state index contributed by atoms with van der Waals surface area (Å²) in [6, 6.07) is 0. The summed E-state index contributed by atoms with van der Waals surface area (Å²) in [5, 5.41) is 11.0. The summed E-state index contributed by atoms with van der Waals surface area (Å²) in [5.41, 5.74) is 0. The number of carbonyl (C=O) groups is 7. The van der Waals surface area contributed by atoms with Crippen LogP contribution >= 0.6 is 0 Å². The highest BCUT2D eigenvalue weighted by Gasteiger charge is 2.58. The van der Waals surface area contributed by atoms with Gasteiger partial charge >= 0.3 is 41.8 Å². The molecule has 1 N–H and O–H groups in total. The van der Waals surface area contributed by atoms with Crippen molar-refractivity contribution in [2.75, 3.05) is 19.8 Å². The Bertz CT molecular complexity index is 1240. The fourth-order valence-electron chi connectivity index (χ4n) is 5.18. The molecule has 3 rings (SSSR count). The lowest BCUT2D eigenvalue weighted by Crippen LogP contribution is -2.49. The van der Waals surface area contributed by atoms with E-state index in [0.717, 1.165) is 48.5 Å². The fraction of sp³-hybridized carbons (Fsp3) is 0.759. The number of hydrogen-bond acceptors (Lipinski definition) is 20. The van der Waals surface area contributed by atoms with E-state index >= 15 is 0 Å². The average Bonchev–Trinajstić information content (AvgIpc) is 3.56. The molecule has 0 unspecified atom stereocenters. The normalized spacial score (nSPS) is 33.6. The Labute approximate surface area is 279 Å². The molecule has 0 aromatic rings. The summed E-state index contributed by atoms with van der Waals surface area (Å²) in [6.07, 6.45) is -17.6. The highest BCUT2D eigenvalue weighted by atomic mass is 16.8. The highest BCUT2D eigenvalue weighted by Crippen LogP contribution is 2.37. The minimum absolute atomic E-state index is 0.463. The maximum Gasteiger partial charge on any atom is 0.305 e. The lowest BCUT2D eigenvalue weighted by Gasteiger charge is -2.31. The molecule has 3 fully saturated rings. The average molecular weight is 709 g/mol. The van der Waals surface area contributed by atoms with E-state index in [4.69, 9.17) is 56.8 Å². The molecule has 3 saturated heterocycles. The standard InChI is InChI=1S/C29H40O20/c1-11(30)38-8-18-22(21(37)27(45-18)44-17(7)36)48-29-26(24(42-15(5)34)20(47-29)10-40-13(3)32)49-28-25(43-16(6)35)23(41-14(4)33)19(46-28)9-39-12(2)31/h18-29,37H,8-10H2,1-7H3/t18-,19-,20-,21-,22-,23-,24-,25-,26-,27-,28-,29-/m1/s1. The Morgan fingerprint density at radius 2 is 0.755 bits per heavy atom. The molecule has 3 heterocycles. The van der Waals surface area contributed by atoms with Gasteiger partial charge in [-0.25, -0.2) is 0 Å². The third-order valence-corrected chi connectivity index (χ3v) is 6.95. The van der Waals surface area contributed by atoms with Crippen molar-refractivity contribution in [3.05, 3.63) is 0 Å². The smallest absolute Gasteiger partial charge is 0.305 e. The fourth-order valence-corrected chi connectivity index (χ4v) is 5.18. The van der Waals surface area contributed by atoms with Crippen LogP contribution in [0.5, 0.6) is 0 Å². The number of aliphatic hydroxyl groups is 1. The van der Waals surface area contributed by atoms with E-state index in [1.165, 1.54) is 0 Å². The van der Waals surface area contributed by atoms with Crippen molar-refractivity contribution in [3.8, 4) is 0 Å². The number of carbonyl (C=O) groups excluding carboxylic acids is 7. The Morgan fingerprint density at radius 3 is 1.16 bits per heavy atom. The molecule has 0 saturated carbocycles. The summed E-state index contributed by atoms with van der Waals surface area (Å²) < 4.78 is 66.1. The second kappa shape index (κ2) is 17.6. The van der Waals surface area contributed by atoms with E-state index in [2.05, 4.69) is 0 Å². The molecule has 3 aliphatic rings. The van der Waals surface area contributed by atoms with Crippen LogP contribution in [0.1, 0.15) is 48.5 Å². The van der Waals surface area contributed by atoms with E-state index in [9.17, 15) is 38.7 Å². The highest BCUT2D eigenvalue weighted by molar-refractivity contribution is 5.68. The van der Waals surface area contributed by atoms with Gasteiger partial charge in [-0.2, -0.15) is 0 Å². The van der Waals surface area contributed by atoms with Crippen LogP contribution in [0.4, 0.5) is 0 Å². The number of ether oxygens (including phenoxy) is 12. The van der Waals surface area contributed by atoms with Gasteiger partial charge < -0.3 is 61.9 Å². The molecule has 0 spiro atoms. The van der Waals surface area contributed by atoms with Crippen molar-refractivity contribution < 1.29 is 95.5 Å². The summed E-state index contributed by atoms with van der Waals surface area (Å²) in [7, 11) is 0. The van der Waals surface area contributed by atoms with Crippen molar-refractivity contribution >= 4 is 41.8 Å². The van der Waals surface area contributed by atoms with Gasteiger partial charge in [0.1, 0.15) is 50.3 Å². The van der Waals surface area contributed by atoms with Gasteiger partial charge in [0.2, 0.25) is 6.29 Å². The minimum Gasteiger partial charge on any atom is -0.463 e. The predicted molar refractivity (Wildman–Crippen MR) is 150 cm³/mol. The van der Waals surface area contributed by atoms with Gasteiger partial charge in [0.15, 0.2) is 37.0 Å². The SMILES string of the molecule is CC(=O)OC[C@H]1O[C@@H](OC(C)=O)[C@H](O)[C@@H]1O[C@H]1O[C@H](COC(C)=O)[C@@H](OC(C)=O)[C@H]1O[C@H]1O[C@H](COC(C)=O)[C@@H](OC(C)=O)[C@H]1OC(C)=O. The zero-order valence-corrected chi connectivity index (χ0v) is 27.8. The first-order valence-electron chi connectivity index (χ1n) is 15.0. The van der Waals surface area contributed by atoms with Gasteiger partial charge in [0.25, 0.3) is 0 Å². The molecule has 12 atom stereocenters. The van der Waals surface area contributed by atoms with Crippen LogP contribution in [0, 0.1) is 0 Å². The maximum absolute atomic E-state index is 12.3. The topological polar surface area (TPSA) is 250 Å². The molecule has 0 amide bonds. The predicted octanol–water partition coefficient (Wildman–Crippen LogP) is -1.66. The minimum atomic E-state index is -1.69. The summed E-state index contributed by atoms with van der Waals surface area (Å²) >= 11 is 0. The lowest BCUT2D eigenvalue weighted by atomic mass is 10.1. The first kappa shape index (κ1) is 39.5. The number of hydrogen-bond donors (Lipinski definition) is 1.